The number of benzene rings is 1. The second-order valence-corrected chi connectivity index (χ2v) is 6.72. The minimum atomic E-state index is -5.70. The Hall–Kier alpha value is -2.04. The predicted molar refractivity (Wildman–Crippen MR) is 71.0 cm³/mol. The third-order valence-corrected chi connectivity index (χ3v) is 4.74. The Morgan fingerprint density at radius 2 is 1.96 bits per heavy atom. The summed E-state index contributed by atoms with van der Waals surface area (Å²) in [5.41, 5.74) is -5.92. The molecule has 0 unspecified atom stereocenters. The number of carbonyl (C=O) groups is 1. The normalized spacial score (nSPS) is 16.0. The number of hydrogen-bond acceptors (Lipinski definition) is 5. The number of hydrogen-bond donors (Lipinski definition) is 1. The van der Waals surface area contributed by atoms with Crippen LogP contribution in [0.1, 0.15) is 0 Å². The molecule has 1 saturated heterocycles. The SMILES string of the molecule is COC(=O)N1CC(Nc2ccc(F)cc2S(=O)(=O)C(F)(F)F)C1. The summed E-state index contributed by atoms with van der Waals surface area (Å²) in [4.78, 5) is 11.2. The summed E-state index contributed by atoms with van der Waals surface area (Å²) in [7, 11) is -4.52. The maximum atomic E-state index is 13.2. The molecule has 1 N–H and O–H groups in total. The first-order chi connectivity index (χ1) is 10.6. The van der Waals surface area contributed by atoms with Crippen molar-refractivity contribution in [3.05, 3.63) is 24.0 Å². The van der Waals surface area contributed by atoms with E-state index in [0.717, 1.165) is 12.1 Å². The first-order valence-electron chi connectivity index (χ1n) is 6.26. The molecule has 0 radical (unpaired) electrons. The standard InChI is InChI=1S/C12H12F4N2O4S/c1-22-11(19)18-5-8(6-18)17-9-3-2-7(13)4-10(9)23(20,21)12(14,15)16/h2-4,8,17H,5-6H2,1H3. The molecule has 1 fully saturated rings. The highest BCUT2D eigenvalue weighted by Gasteiger charge is 2.48. The molecule has 6 nitrogen and oxygen atoms in total. The van der Waals surface area contributed by atoms with Crippen molar-refractivity contribution in [1.29, 1.82) is 0 Å². The lowest BCUT2D eigenvalue weighted by Crippen LogP contribution is -2.57. The van der Waals surface area contributed by atoms with Gasteiger partial charge in [-0.05, 0) is 18.2 Å². The topological polar surface area (TPSA) is 75.7 Å². The first kappa shape index (κ1) is 17.3. The van der Waals surface area contributed by atoms with Crippen molar-refractivity contribution in [2.75, 3.05) is 25.5 Å². The Morgan fingerprint density at radius 1 is 1.35 bits per heavy atom. The molecule has 0 atom stereocenters. The molecule has 1 aliphatic heterocycles. The summed E-state index contributed by atoms with van der Waals surface area (Å²) in [6.45, 7) is 0.241. The highest BCUT2D eigenvalue weighted by molar-refractivity contribution is 7.92. The maximum absolute atomic E-state index is 13.2. The van der Waals surface area contributed by atoms with Gasteiger partial charge in [-0.3, -0.25) is 0 Å². The lowest BCUT2D eigenvalue weighted by molar-refractivity contribution is -0.0435. The van der Waals surface area contributed by atoms with Crippen molar-refractivity contribution < 1.29 is 35.5 Å². The van der Waals surface area contributed by atoms with Crippen LogP contribution in [0.25, 0.3) is 0 Å². The average molecular weight is 356 g/mol. The van der Waals surface area contributed by atoms with Crippen LogP contribution < -0.4 is 5.32 Å². The average Bonchev–Trinajstić information content (AvgIpc) is 2.41. The van der Waals surface area contributed by atoms with Gasteiger partial charge in [0.1, 0.15) is 10.7 Å². The van der Waals surface area contributed by atoms with Crippen LogP contribution in [0, 0.1) is 5.82 Å². The van der Waals surface area contributed by atoms with Crippen molar-refractivity contribution >= 4 is 21.6 Å². The van der Waals surface area contributed by atoms with Gasteiger partial charge in [0.25, 0.3) is 9.84 Å². The van der Waals surface area contributed by atoms with Crippen molar-refractivity contribution in [3.8, 4) is 0 Å². The molecule has 1 aromatic carbocycles. The van der Waals surface area contributed by atoms with Crippen molar-refractivity contribution in [2.24, 2.45) is 0 Å². The fraction of sp³-hybridized carbons (Fsp3) is 0.417. The van der Waals surface area contributed by atoms with Crippen LogP contribution in [-0.2, 0) is 14.6 Å². The Kier molecular flexibility index (Phi) is 4.42. The number of anilines is 1. The molecular formula is C12H12F4N2O4S. The van der Waals surface area contributed by atoms with Crippen molar-refractivity contribution in [3.63, 3.8) is 0 Å². The van der Waals surface area contributed by atoms with E-state index in [1.807, 2.05) is 0 Å². The molecule has 0 aliphatic carbocycles. The van der Waals surface area contributed by atoms with Crippen LogP contribution in [0.3, 0.4) is 0 Å². The molecule has 0 saturated carbocycles. The summed E-state index contributed by atoms with van der Waals surface area (Å²) in [6.07, 6.45) is -0.606. The summed E-state index contributed by atoms with van der Waals surface area (Å²) in [6, 6.07) is 1.59. The minimum Gasteiger partial charge on any atom is -0.453 e. The number of methoxy groups -OCH3 is 1. The van der Waals surface area contributed by atoms with Crippen molar-refractivity contribution in [1.82, 2.24) is 4.90 Å². The number of carbonyl (C=O) groups excluding carboxylic acids is 1. The largest absolute Gasteiger partial charge is 0.501 e. The van der Waals surface area contributed by atoms with Gasteiger partial charge in [0.15, 0.2) is 0 Å². The van der Waals surface area contributed by atoms with Crippen LogP contribution >= 0.6 is 0 Å². The first-order valence-corrected chi connectivity index (χ1v) is 7.75. The van der Waals surface area contributed by atoms with E-state index in [-0.39, 0.29) is 18.8 Å². The number of likely N-dealkylation sites (tertiary alicyclic amines) is 1. The van der Waals surface area contributed by atoms with Crippen LogP contribution in [0.5, 0.6) is 0 Å². The molecule has 0 spiro atoms. The van der Waals surface area contributed by atoms with Gasteiger partial charge in [-0.2, -0.15) is 13.2 Å². The van der Waals surface area contributed by atoms with E-state index in [1.54, 1.807) is 0 Å². The summed E-state index contributed by atoms with van der Waals surface area (Å²) >= 11 is 0. The third-order valence-electron chi connectivity index (χ3n) is 3.21. The van der Waals surface area contributed by atoms with E-state index < -0.39 is 38.2 Å². The summed E-state index contributed by atoms with van der Waals surface area (Å²) < 4.78 is 78.7. The van der Waals surface area contributed by atoms with E-state index in [4.69, 9.17) is 0 Å². The zero-order chi connectivity index (χ0) is 17.4. The van der Waals surface area contributed by atoms with Crippen LogP contribution in [0.2, 0.25) is 0 Å². The minimum absolute atomic E-state index is 0.121. The number of ether oxygens (including phenoxy) is 1. The lowest BCUT2D eigenvalue weighted by Gasteiger charge is -2.39. The molecule has 0 bridgehead atoms. The molecule has 128 valence electrons. The van der Waals surface area contributed by atoms with Gasteiger partial charge >= 0.3 is 11.6 Å². The van der Waals surface area contributed by atoms with E-state index in [0.29, 0.717) is 6.07 Å². The van der Waals surface area contributed by atoms with E-state index in [9.17, 15) is 30.8 Å². The summed E-state index contributed by atoms with van der Waals surface area (Å²) in [5.74, 6) is -1.11. The number of halogens is 4. The number of alkyl halides is 3. The monoisotopic (exact) mass is 356 g/mol. The Morgan fingerprint density at radius 3 is 2.48 bits per heavy atom. The molecule has 1 amide bonds. The molecule has 0 aromatic heterocycles. The van der Waals surface area contributed by atoms with Gasteiger partial charge in [0.05, 0.1) is 18.8 Å². The Bertz CT molecular complexity index is 714. The van der Waals surface area contributed by atoms with E-state index in [2.05, 4.69) is 10.1 Å². The molecular weight excluding hydrogens is 344 g/mol. The van der Waals surface area contributed by atoms with E-state index in [1.165, 1.54) is 12.0 Å². The fourth-order valence-electron chi connectivity index (χ4n) is 2.03. The number of rotatable bonds is 3. The Labute approximate surface area is 128 Å². The summed E-state index contributed by atoms with van der Waals surface area (Å²) in [5, 5.41) is 2.57. The van der Waals surface area contributed by atoms with Gasteiger partial charge in [0, 0.05) is 13.1 Å². The molecule has 11 heteroatoms. The molecule has 23 heavy (non-hydrogen) atoms. The highest BCUT2D eigenvalue weighted by atomic mass is 32.2. The predicted octanol–water partition coefficient (Wildman–Crippen LogP) is 1.98. The Balaban J connectivity index is 2.23. The zero-order valence-corrected chi connectivity index (χ0v) is 12.5. The van der Waals surface area contributed by atoms with E-state index >= 15 is 0 Å². The smallest absolute Gasteiger partial charge is 0.453 e. The number of nitrogens with zero attached hydrogens (tertiary/aromatic N) is 1. The molecule has 1 aromatic rings. The quantitative estimate of drug-likeness (QED) is 0.839. The number of sulfone groups is 1. The lowest BCUT2D eigenvalue weighted by atomic mass is 10.1. The fourth-order valence-corrected chi connectivity index (χ4v) is 2.96. The van der Waals surface area contributed by atoms with Gasteiger partial charge in [0.2, 0.25) is 0 Å². The zero-order valence-electron chi connectivity index (χ0n) is 11.7. The molecule has 2 rings (SSSR count). The third kappa shape index (κ3) is 3.33. The van der Waals surface area contributed by atoms with Crippen LogP contribution in [0.15, 0.2) is 23.1 Å². The van der Waals surface area contributed by atoms with Crippen LogP contribution in [0.4, 0.5) is 28.0 Å². The second-order valence-electron chi connectivity index (χ2n) is 4.81. The van der Waals surface area contributed by atoms with Gasteiger partial charge in [-0.1, -0.05) is 0 Å². The van der Waals surface area contributed by atoms with Gasteiger partial charge < -0.3 is 15.0 Å². The molecule has 1 heterocycles. The van der Waals surface area contributed by atoms with Gasteiger partial charge in [-0.25, -0.2) is 17.6 Å². The number of amides is 1. The van der Waals surface area contributed by atoms with Gasteiger partial charge in [-0.15, -0.1) is 0 Å². The molecule has 1 aliphatic rings. The highest BCUT2D eigenvalue weighted by Crippen LogP contribution is 2.35. The van der Waals surface area contributed by atoms with Crippen molar-refractivity contribution in [2.45, 2.75) is 16.4 Å². The maximum Gasteiger partial charge on any atom is 0.501 e. The van der Waals surface area contributed by atoms with Crippen LogP contribution in [-0.4, -0.2) is 51.2 Å². The second kappa shape index (κ2) is 5.87. The number of nitrogens with one attached hydrogen (secondary N) is 1.